The van der Waals surface area contributed by atoms with E-state index in [2.05, 4.69) is 39.6 Å². The number of nitrogens with one attached hydrogen (secondary N) is 2. The van der Waals surface area contributed by atoms with Crippen LogP contribution >= 0.6 is 52.3 Å². The Bertz CT molecular complexity index is 644. The van der Waals surface area contributed by atoms with E-state index in [0.717, 1.165) is 59.0 Å². The predicted molar refractivity (Wildman–Crippen MR) is 119 cm³/mol. The van der Waals surface area contributed by atoms with Crippen molar-refractivity contribution in [2.75, 3.05) is 19.6 Å². The topological polar surface area (TPSA) is 33.3 Å². The molecule has 2 rings (SSSR count). The highest BCUT2D eigenvalue weighted by Crippen LogP contribution is 2.25. The van der Waals surface area contributed by atoms with E-state index >= 15 is 0 Å². The molecule has 0 aromatic heterocycles. The van der Waals surface area contributed by atoms with Gasteiger partial charge < -0.3 is 15.4 Å². The molecule has 7 heteroatoms. The summed E-state index contributed by atoms with van der Waals surface area (Å²) in [5.74, 6) is 0.886. The molecule has 0 saturated carbocycles. The molecule has 0 aliphatic rings. The minimum absolute atomic E-state index is 0. The first-order valence-corrected chi connectivity index (χ1v) is 9.44. The first-order valence-electron chi connectivity index (χ1n) is 8.26. The number of benzene rings is 2. The number of halogens is 4. The third-order valence-corrected chi connectivity index (χ3v) is 4.50. The van der Waals surface area contributed by atoms with Gasteiger partial charge in [0.25, 0.3) is 0 Å². The second kappa shape index (κ2) is 14.6. The normalized spacial score (nSPS) is 9.96. The van der Waals surface area contributed by atoms with Gasteiger partial charge in [-0.15, -0.1) is 24.8 Å². The SMILES string of the molecule is CCNCCCNCc1cc(Br)ccc1OCc1ccccc1Cl.Cl.Cl. The lowest BCUT2D eigenvalue weighted by Crippen LogP contribution is -2.21. The molecule has 0 heterocycles. The lowest BCUT2D eigenvalue weighted by Gasteiger charge is -2.13. The Morgan fingerprint density at radius 1 is 1.00 bits per heavy atom. The number of ether oxygens (including phenoxy) is 1. The first-order chi connectivity index (χ1) is 11.7. The smallest absolute Gasteiger partial charge is 0.124 e. The van der Waals surface area contributed by atoms with Crippen LogP contribution in [0.2, 0.25) is 5.02 Å². The van der Waals surface area contributed by atoms with E-state index < -0.39 is 0 Å². The van der Waals surface area contributed by atoms with E-state index in [9.17, 15) is 0 Å². The maximum absolute atomic E-state index is 6.19. The van der Waals surface area contributed by atoms with Crippen molar-refractivity contribution in [3.63, 3.8) is 0 Å². The molecule has 0 radical (unpaired) electrons. The molecule has 0 saturated heterocycles. The van der Waals surface area contributed by atoms with Gasteiger partial charge in [-0.25, -0.2) is 0 Å². The highest BCUT2D eigenvalue weighted by Gasteiger charge is 2.06. The van der Waals surface area contributed by atoms with Crippen molar-refractivity contribution in [2.45, 2.75) is 26.5 Å². The Hall–Kier alpha value is -0.490. The molecule has 2 aromatic rings. The van der Waals surface area contributed by atoms with Crippen LogP contribution < -0.4 is 15.4 Å². The predicted octanol–water partition coefficient (Wildman–Crippen LogP) is 5.61. The minimum Gasteiger partial charge on any atom is -0.489 e. The molecule has 0 atom stereocenters. The fraction of sp³-hybridized carbons (Fsp3) is 0.368. The van der Waals surface area contributed by atoms with Gasteiger partial charge in [0.15, 0.2) is 0 Å². The lowest BCUT2D eigenvalue weighted by molar-refractivity contribution is 0.302. The maximum Gasteiger partial charge on any atom is 0.124 e. The van der Waals surface area contributed by atoms with Crippen molar-refractivity contribution in [1.29, 1.82) is 0 Å². The second-order valence-electron chi connectivity index (χ2n) is 5.52. The molecule has 3 nitrogen and oxygen atoms in total. The molecule has 0 bridgehead atoms. The van der Waals surface area contributed by atoms with Gasteiger partial charge in [-0.1, -0.05) is 52.7 Å². The van der Waals surface area contributed by atoms with Gasteiger partial charge in [-0.3, -0.25) is 0 Å². The highest BCUT2D eigenvalue weighted by atomic mass is 79.9. The molecule has 2 aromatic carbocycles. The van der Waals surface area contributed by atoms with Gasteiger partial charge in [0.2, 0.25) is 0 Å². The van der Waals surface area contributed by atoms with Crippen molar-refractivity contribution in [2.24, 2.45) is 0 Å². The van der Waals surface area contributed by atoms with Gasteiger partial charge in [0.1, 0.15) is 12.4 Å². The average Bonchev–Trinajstić information content (AvgIpc) is 2.58. The third kappa shape index (κ3) is 8.94. The Balaban J connectivity index is 0.00000312. The van der Waals surface area contributed by atoms with Crippen molar-refractivity contribution in [3.8, 4) is 5.75 Å². The van der Waals surface area contributed by atoms with E-state index in [0.29, 0.717) is 6.61 Å². The maximum atomic E-state index is 6.19. The van der Waals surface area contributed by atoms with Crippen molar-refractivity contribution < 1.29 is 4.74 Å². The summed E-state index contributed by atoms with van der Waals surface area (Å²) in [4.78, 5) is 0. The molecular formula is C19H26BrCl3N2O. The van der Waals surface area contributed by atoms with Crippen molar-refractivity contribution >= 4 is 52.3 Å². The Labute approximate surface area is 182 Å². The number of hydrogen-bond donors (Lipinski definition) is 2. The first kappa shape index (κ1) is 25.5. The Morgan fingerprint density at radius 2 is 1.73 bits per heavy atom. The van der Waals surface area contributed by atoms with Gasteiger partial charge in [-0.2, -0.15) is 0 Å². The second-order valence-corrected chi connectivity index (χ2v) is 6.84. The largest absolute Gasteiger partial charge is 0.489 e. The molecule has 0 aliphatic carbocycles. The summed E-state index contributed by atoms with van der Waals surface area (Å²) in [6, 6.07) is 13.9. The van der Waals surface area contributed by atoms with Gasteiger partial charge in [0, 0.05) is 27.2 Å². The summed E-state index contributed by atoms with van der Waals surface area (Å²) in [5.41, 5.74) is 2.13. The minimum atomic E-state index is 0. The Kier molecular flexibility index (Phi) is 14.3. The summed E-state index contributed by atoms with van der Waals surface area (Å²) in [5, 5.41) is 7.53. The summed E-state index contributed by atoms with van der Waals surface area (Å²) >= 11 is 9.73. The molecule has 2 N–H and O–H groups in total. The number of hydrogen-bond acceptors (Lipinski definition) is 3. The van der Waals surface area contributed by atoms with Crippen LogP contribution in [0.5, 0.6) is 5.75 Å². The van der Waals surface area contributed by atoms with E-state index in [1.165, 1.54) is 0 Å². The molecule has 0 aliphatic heterocycles. The fourth-order valence-electron chi connectivity index (χ4n) is 2.34. The molecule has 0 amide bonds. The summed E-state index contributed by atoms with van der Waals surface area (Å²) in [7, 11) is 0. The van der Waals surface area contributed by atoms with Crippen molar-refractivity contribution in [1.82, 2.24) is 10.6 Å². The van der Waals surface area contributed by atoms with E-state index in [-0.39, 0.29) is 24.8 Å². The van der Waals surface area contributed by atoms with Gasteiger partial charge >= 0.3 is 0 Å². The van der Waals surface area contributed by atoms with Crippen LogP contribution in [-0.2, 0) is 13.2 Å². The lowest BCUT2D eigenvalue weighted by atomic mass is 10.2. The zero-order chi connectivity index (χ0) is 17.2. The van der Waals surface area contributed by atoms with Gasteiger partial charge in [-0.05, 0) is 50.3 Å². The van der Waals surface area contributed by atoms with Crippen LogP contribution in [0.15, 0.2) is 46.9 Å². The quantitative estimate of drug-likeness (QED) is 0.430. The molecule has 146 valence electrons. The fourth-order valence-corrected chi connectivity index (χ4v) is 2.93. The zero-order valence-electron chi connectivity index (χ0n) is 14.8. The van der Waals surface area contributed by atoms with E-state index in [1.807, 2.05) is 36.4 Å². The summed E-state index contributed by atoms with van der Waals surface area (Å²) in [6.45, 7) is 6.41. The van der Waals surface area contributed by atoms with Crippen LogP contribution in [-0.4, -0.2) is 19.6 Å². The Morgan fingerprint density at radius 3 is 2.46 bits per heavy atom. The number of rotatable bonds is 10. The molecule has 0 spiro atoms. The zero-order valence-corrected chi connectivity index (χ0v) is 18.7. The summed E-state index contributed by atoms with van der Waals surface area (Å²) in [6.07, 6.45) is 1.11. The standard InChI is InChI=1S/C19H24BrClN2O.2ClH/c1-2-22-10-5-11-23-13-16-12-17(20)8-9-19(16)24-14-15-6-3-4-7-18(15)21;;/h3-4,6-9,12,22-23H,2,5,10-11,13-14H2,1H3;2*1H. The van der Waals surface area contributed by atoms with Crippen molar-refractivity contribution in [3.05, 3.63) is 63.1 Å². The average molecular weight is 485 g/mol. The highest BCUT2D eigenvalue weighted by molar-refractivity contribution is 9.10. The van der Waals surface area contributed by atoms with Crippen LogP contribution in [0, 0.1) is 0 Å². The van der Waals surface area contributed by atoms with Crippen LogP contribution in [0.4, 0.5) is 0 Å². The molecule has 0 unspecified atom stereocenters. The third-order valence-electron chi connectivity index (χ3n) is 3.64. The van der Waals surface area contributed by atoms with Crippen LogP contribution in [0.1, 0.15) is 24.5 Å². The molecular weight excluding hydrogens is 458 g/mol. The monoisotopic (exact) mass is 482 g/mol. The molecule has 0 fully saturated rings. The van der Waals surface area contributed by atoms with E-state index in [4.69, 9.17) is 16.3 Å². The summed E-state index contributed by atoms with van der Waals surface area (Å²) < 4.78 is 7.05. The van der Waals surface area contributed by atoms with Gasteiger partial charge in [0.05, 0.1) is 0 Å². The molecule has 26 heavy (non-hydrogen) atoms. The van der Waals surface area contributed by atoms with E-state index in [1.54, 1.807) is 0 Å². The van der Waals surface area contributed by atoms with Crippen LogP contribution in [0.3, 0.4) is 0 Å². The van der Waals surface area contributed by atoms with Crippen LogP contribution in [0.25, 0.3) is 0 Å².